The third kappa shape index (κ3) is 4.91. The van der Waals surface area contributed by atoms with Crippen LogP contribution in [0.25, 0.3) is 0 Å². The predicted octanol–water partition coefficient (Wildman–Crippen LogP) is 3.92. The lowest BCUT2D eigenvalue weighted by Gasteiger charge is -2.21. The zero-order valence-electron chi connectivity index (χ0n) is 11.9. The van der Waals surface area contributed by atoms with Gasteiger partial charge in [-0.25, -0.2) is 4.79 Å². The first-order valence-electron chi connectivity index (χ1n) is 6.69. The number of nitrogens with one attached hydrogen (secondary N) is 1. The highest BCUT2D eigenvalue weighted by atomic mass is 19.4. The largest absolute Gasteiger partial charge is 0.508 e. The van der Waals surface area contributed by atoms with Crippen molar-refractivity contribution in [2.75, 3.05) is 0 Å². The number of carbonyl (C=O) groups is 1. The molecular weight excluding hydrogens is 311 g/mol. The zero-order chi connectivity index (χ0) is 16.9. The first-order chi connectivity index (χ1) is 10.9. The lowest BCUT2D eigenvalue weighted by Crippen LogP contribution is -2.38. The van der Waals surface area contributed by atoms with E-state index in [0.717, 1.165) is 24.3 Å². The molecule has 0 bridgehead atoms. The average molecular weight is 325 g/mol. The highest BCUT2D eigenvalue weighted by Gasteiger charge is 2.42. The molecule has 0 saturated heterocycles. The minimum Gasteiger partial charge on any atom is -0.508 e. The Kier molecular flexibility index (Phi) is 5.10. The van der Waals surface area contributed by atoms with Gasteiger partial charge in [0.25, 0.3) is 0 Å². The summed E-state index contributed by atoms with van der Waals surface area (Å²) in [5.41, 5.74) is 0.461. The maximum Gasteiger partial charge on any atom is 0.412 e. The van der Waals surface area contributed by atoms with Crippen LogP contribution in [0.4, 0.5) is 18.0 Å². The van der Waals surface area contributed by atoms with Crippen molar-refractivity contribution in [2.45, 2.75) is 18.8 Å². The van der Waals surface area contributed by atoms with Gasteiger partial charge in [-0.3, -0.25) is 0 Å². The van der Waals surface area contributed by atoms with Gasteiger partial charge < -0.3 is 15.2 Å². The van der Waals surface area contributed by atoms with Crippen molar-refractivity contribution in [3.63, 3.8) is 0 Å². The third-order valence-electron chi connectivity index (χ3n) is 3.03. The van der Waals surface area contributed by atoms with Gasteiger partial charge in [-0.05, 0) is 23.3 Å². The molecule has 0 saturated carbocycles. The predicted molar refractivity (Wildman–Crippen MR) is 76.7 cm³/mol. The van der Waals surface area contributed by atoms with Crippen LogP contribution < -0.4 is 5.32 Å². The number of phenols is 1. The summed E-state index contributed by atoms with van der Waals surface area (Å²) in [4.78, 5) is 11.6. The molecule has 122 valence electrons. The van der Waals surface area contributed by atoms with Gasteiger partial charge in [-0.1, -0.05) is 42.5 Å². The molecule has 2 rings (SSSR count). The Labute approximate surface area is 130 Å². The van der Waals surface area contributed by atoms with Gasteiger partial charge >= 0.3 is 12.3 Å². The molecule has 0 heterocycles. The van der Waals surface area contributed by atoms with Crippen molar-refractivity contribution >= 4 is 6.09 Å². The van der Waals surface area contributed by atoms with Gasteiger partial charge in [0.2, 0.25) is 0 Å². The minimum absolute atomic E-state index is 0.132. The second-order valence-electron chi connectivity index (χ2n) is 4.77. The summed E-state index contributed by atoms with van der Waals surface area (Å²) >= 11 is 0. The molecule has 2 N–H and O–H groups in total. The maximum atomic E-state index is 13.1. The summed E-state index contributed by atoms with van der Waals surface area (Å²) in [7, 11) is 0. The Morgan fingerprint density at radius 1 is 1.09 bits per heavy atom. The minimum atomic E-state index is -4.69. The smallest absolute Gasteiger partial charge is 0.412 e. The molecule has 1 amide bonds. The van der Waals surface area contributed by atoms with Gasteiger partial charge in [0.1, 0.15) is 12.4 Å². The van der Waals surface area contributed by atoms with E-state index in [-0.39, 0.29) is 17.9 Å². The van der Waals surface area contributed by atoms with Crippen LogP contribution in [-0.4, -0.2) is 17.4 Å². The number of alkyl carbamates (subject to hydrolysis) is 1. The van der Waals surface area contributed by atoms with Crippen molar-refractivity contribution in [3.05, 3.63) is 65.7 Å². The van der Waals surface area contributed by atoms with Gasteiger partial charge in [0.05, 0.1) is 0 Å². The summed E-state index contributed by atoms with van der Waals surface area (Å²) in [6, 6.07) is 10.8. The van der Waals surface area contributed by atoms with E-state index in [1.807, 2.05) is 0 Å². The van der Waals surface area contributed by atoms with Crippen LogP contribution in [0.2, 0.25) is 0 Å². The number of halogens is 3. The average Bonchev–Trinajstić information content (AvgIpc) is 2.52. The number of carbonyl (C=O) groups excluding carboxylic acids is 1. The number of phenolic OH excluding ortho intramolecular Hbond substituents is 1. The lowest BCUT2D eigenvalue weighted by atomic mass is 10.1. The van der Waals surface area contributed by atoms with Gasteiger partial charge in [0, 0.05) is 0 Å². The molecular formula is C16H14F3NO3. The molecule has 7 heteroatoms. The maximum absolute atomic E-state index is 13.1. The topological polar surface area (TPSA) is 58.6 Å². The molecule has 4 nitrogen and oxygen atoms in total. The van der Waals surface area contributed by atoms with E-state index in [4.69, 9.17) is 9.84 Å². The summed E-state index contributed by atoms with van der Waals surface area (Å²) in [5, 5.41) is 10.9. The number of aromatic hydroxyl groups is 1. The first-order valence-corrected chi connectivity index (χ1v) is 6.69. The summed E-state index contributed by atoms with van der Waals surface area (Å²) < 4.78 is 44.1. The Morgan fingerprint density at radius 3 is 2.26 bits per heavy atom. The van der Waals surface area contributed by atoms with Crippen LogP contribution >= 0.6 is 0 Å². The van der Waals surface area contributed by atoms with E-state index >= 15 is 0 Å². The molecule has 0 fully saturated rings. The second kappa shape index (κ2) is 7.04. The van der Waals surface area contributed by atoms with Crippen molar-refractivity contribution in [2.24, 2.45) is 0 Å². The van der Waals surface area contributed by atoms with E-state index in [0.29, 0.717) is 5.56 Å². The Morgan fingerprint density at radius 2 is 1.70 bits per heavy atom. The Hall–Kier alpha value is -2.70. The molecule has 0 unspecified atom stereocenters. The number of hydrogen-bond acceptors (Lipinski definition) is 3. The van der Waals surface area contributed by atoms with E-state index in [2.05, 4.69) is 0 Å². The van der Waals surface area contributed by atoms with Crippen LogP contribution in [-0.2, 0) is 11.3 Å². The molecule has 0 aliphatic carbocycles. The number of hydrogen-bond donors (Lipinski definition) is 2. The van der Waals surface area contributed by atoms with E-state index in [9.17, 15) is 18.0 Å². The first kappa shape index (κ1) is 16.7. The standard InChI is InChI=1S/C16H14F3NO3/c17-16(18,19)14(12-6-8-13(21)9-7-12)20-15(22)23-10-11-4-2-1-3-5-11/h1-9,14,21H,10H2,(H,20,22)/t14-/m0/s1. The molecule has 23 heavy (non-hydrogen) atoms. The van der Waals surface area contributed by atoms with Crippen molar-refractivity contribution in [3.8, 4) is 5.75 Å². The van der Waals surface area contributed by atoms with Crippen molar-refractivity contribution in [1.29, 1.82) is 0 Å². The van der Waals surface area contributed by atoms with Gasteiger partial charge in [-0.2, -0.15) is 13.2 Å². The molecule has 0 radical (unpaired) electrons. The molecule has 2 aromatic rings. The molecule has 0 aliphatic rings. The van der Waals surface area contributed by atoms with Crippen molar-refractivity contribution < 1.29 is 27.8 Å². The highest BCUT2D eigenvalue weighted by molar-refractivity contribution is 5.68. The summed E-state index contributed by atoms with van der Waals surface area (Å²) in [5.74, 6) is -0.165. The van der Waals surface area contributed by atoms with Gasteiger partial charge in [0.15, 0.2) is 6.04 Å². The molecule has 2 aromatic carbocycles. The van der Waals surface area contributed by atoms with Crippen molar-refractivity contribution in [1.82, 2.24) is 5.32 Å². The molecule has 0 aromatic heterocycles. The normalized spacial score (nSPS) is 12.5. The van der Waals surface area contributed by atoms with Crippen LogP contribution in [0.15, 0.2) is 54.6 Å². The highest BCUT2D eigenvalue weighted by Crippen LogP contribution is 2.33. The summed E-state index contributed by atoms with van der Waals surface area (Å²) in [6.45, 7) is -0.132. The monoisotopic (exact) mass is 325 g/mol. The number of ether oxygens (including phenoxy) is 1. The SMILES string of the molecule is O=C(N[C@@H](c1ccc(O)cc1)C(F)(F)F)OCc1ccccc1. The van der Waals surface area contributed by atoms with Crippen LogP contribution in [0.5, 0.6) is 5.75 Å². The molecule has 0 spiro atoms. The zero-order valence-corrected chi connectivity index (χ0v) is 11.9. The van der Waals surface area contributed by atoms with Gasteiger partial charge in [-0.15, -0.1) is 0 Å². The van der Waals surface area contributed by atoms with E-state index in [1.165, 1.54) is 0 Å². The summed E-state index contributed by atoms with van der Waals surface area (Å²) in [6.07, 6.45) is -5.87. The third-order valence-corrected chi connectivity index (χ3v) is 3.03. The fourth-order valence-electron chi connectivity index (χ4n) is 1.90. The Bertz CT molecular complexity index is 642. The van der Waals surface area contributed by atoms with E-state index < -0.39 is 18.3 Å². The quantitative estimate of drug-likeness (QED) is 0.896. The Balaban J connectivity index is 2.03. The number of alkyl halides is 3. The van der Waals surface area contributed by atoms with Crippen LogP contribution in [0, 0.1) is 0 Å². The number of amides is 1. The molecule has 1 atom stereocenters. The fourth-order valence-corrected chi connectivity index (χ4v) is 1.90. The fraction of sp³-hybridized carbons (Fsp3) is 0.188. The number of benzene rings is 2. The van der Waals surface area contributed by atoms with Crippen LogP contribution in [0.3, 0.4) is 0 Å². The van der Waals surface area contributed by atoms with Crippen LogP contribution in [0.1, 0.15) is 17.2 Å². The number of rotatable bonds is 4. The van der Waals surface area contributed by atoms with E-state index in [1.54, 1.807) is 35.6 Å². The lowest BCUT2D eigenvalue weighted by molar-refractivity contribution is -0.156. The molecule has 0 aliphatic heterocycles. The second-order valence-corrected chi connectivity index (χ2v) is 4.77.